The number of para-hydroxylation sites is 1. The van der Waals surface area contributed by atoms with E-state index in [9.17, 15) is 0 Å². The van der Waals surface area contributed by atoms with Gasteiger partial charge in [0.2, 0.25) is 0 Å². The van der Waals surface area contributed by atoms with Crippen molar-refractivity contribution in [2.45, 2.75) is 38.3 Å². The predicted molar refractivity (Wildman–Crippen MR) is 76.6 cm³/mol. The molecule has 0 spiro atoms. The van der Waals surface area contributed by atoms with Gasteiger partial charge in [-0.15, -0.1) is 0 Å². The number of fused-ring (bicyclic) bond motifs is 1. The molecule has 3 rings (SSSR count). The lowest BCUT2D eigenvalue weighted by Gasteiger charge is -2.27. The summed E-state index contributed by atoms with van der Waals surface area (Å²) < 4.78 is 6.02. The molecule has 1 aromatic heterocycles. The van der Waals surface area contributed by atoms with E-state index in [0.717, 1.165) is 31.0 Å². The van der Waals surface area contributed by atoms with Crippen molar-refractivity contribution >= 4 is 0 Å². The van der Waals surface area contributed by atoms with Gasteiger partial charge in [-0.3, -0.25) is 5.10 Å². The minimum atomic E-state index is -0.212. The molecule has 1 aromatic carbocycles. The van der Waals surface area contributed by atoms with Crippen LogP contribution >= 0.6 is 0 Å². The molecule has 0 bridgehead atoms. The van der Waals surface area contributed by atoms with Gasteiger partial charge >= 0.3 is 0 Å². The van der Waals surface area contributed by atoms with Crippen LogP contribution < -0.4 is 10.1 Å². The fourth-order valence-corrected chi connectivity index (χ4v) is 2.74. The maximum atomic E-state index is 6.02. The third kappa shape index (κ3) is 2.54. The average molecular weight is 272 g/mol. The maximum Gasteiger partial charge on any atom is 0.137 e. The monoisotopic (exact) mass is 272 g/mol. The van der Waals surface area contributed by atoms with Crippen LogP contribution in [0, 0.1) is 0 Å². The van der Waals surface area contributed by atoms with Crippen molar-refractivity contribution in [3.63, 3.8) is 0 Å². The number of aromatic amines is 1. The molecule has 5 nitrogen and oxygen atoms in total. The number of aromatic nitrogens is 3. The molecule has 0 saturated carbocycles. The smallest absolute Gasteiger partial charge is 0.137 e. The average Bonchev–Trinajstić information content (AvgIpc) is 3.00. The fraction of sp³-hybridized carbons (Fsp3) is 0.467. The first-order valence-corrected chi connectivity index (χ1v) is 7.02. The molecule has 0 radical (unpaired) electrons. The van der Waals surface area contributed by atoms with E-state index in [1.807, 2.05) is 12.1 Å². The van der Waals surface area contributed by atoms with E-state index in [1.165, 1.54) is 5.56 Å². The van der Waals surface area contributed by atoms with Crippen molar-refractivity contribution in [2.24, 2.45) is 0 Å². The molecule has 106 valence electrons. The molecule has 2 aromatic rings. The van der Waals surface area contributed by atoms with E-state index in [1.54, 1.807) is 6.33 Å². The first-order chi connectivity index (χ1) is 9.67. The Morgan fingerprint density at radius 3 is 3.00 bits per heavy atom. The number of rotatable bonds is 5. The van der Waals surface area contributed by atoms with E-state index >= 15 is 0 Å². The van der Waals surface area contributed by atoms with Crippen LogP contribution in [-0.2, 0) is 6.42 Å². The van der Waals surface area contributed by atoms with Crippen molar-refractivity contribution in [3.8, 4) is 5.75 Å². The zero-order chi connectivity index (χ0) is 14.0. The number of hydrogen-bond acceptors (Lipinski definition) is 4. The van der Waals surface area contributed by atoms with Crippen LogP contribution in [0.1, 0.15) is 37.7 Å². The maximum absolute atomic E-state index is 6.02. The van der Waals surface area contributed by atoms with Crippen LogP contribution in [0.3, 0.4) is 0 Å². The number of hydrogen-bond donors (Lipinski definition) is 2. The zero-order valence-corrected chi connectivity index (χ0v) is 11.9. The molecule has 1 aliphatic heterocycles. The first-order valence-electron chi connectivity index (χ1n) is 7.02. The molecule has 0 saturated heterocycles. The Hall–Kier alpha value is -1.88. The third-order valence-electron chi connectivity index (χ3n) is 3.70. The highest BCUT2D eigenvalue weighted by Gasteiger charge is 2.40. The van der Waals surface area contributed by atoms with Gasteiger partial charge in [-0.25, -0.2) is 4.98 Å². The van der Waals surface area contributed by atoms with Crippen LogP contribution in [0.2, 0.25) is 0 Å². The van der Waals surface area contributed by atoms with Crippen molar-refractivity contribution in [1.29, 1.82) is 0 Å². The first kappa shape index (κ1) is 13.1. The highest BCUT2D eigenvalue weighted by Crippen LogP contribution is 2.42. The summed E-state index contributed by atoms with van der Waals surface area (Å²) in [5, 5.41) is 10.3. The van der Waals surface area contributed by atoms with Gasteiger partial charge in [0.25, 0.3) is 0 Å². The summed E-state index contributed by atoms with van der Waals surface area (Å²) in [6.45, 7) is 5.18. The number of ether oxygens (including phenoxy) is 1. The Labute approximate surface area is 118 Å². The summed E-state index contributed by atoms with van der Waals surface area (Å²) in [5.41, 5.74) is 1.03. The lowest BCUT2D eigenvalue weighted by Crippen LogP contribution is -2.39. The second-order valence-electron chi connectivity index (χ2n) is 5.67. The molecule has 0 fully saturated rings. The molecular weight excluding hydrogens is 252 g/mol. The minimum absolute atomic E-state index is 0.212. The second kappa shape index (κ2) is 5.25. The van der Waals surface area contributed by atoms with Gasteiger partial charge in [0, 0.05) is 12.0 Å². The third-order valence-corrected chi connectivity index (χ3v) is 3.70. The lowest BCUT2D eigenvalue weighted by atomic mass is 9.94. The molecular formula is C15H20N4O. The standard InChI is InChI=1S/C15H20N4O/c1-15(2)14(11-6-3-4-7-12(11)20-15)16-9-5-8-13-17-10-18-19-13/h3-4,6-7,10,14,16H,5,8-9H2,1-2H3,(H,17,18,19). The Morgan fingerprint density at radius 1 is 1.35 bits per heavy atom. The highest BCUT2D eigenvalue weighted by molar-refractivity contribution is 5.42. The molecule has 0 aliphatic carbocycles. The zero-order valence-electron chi connectivity index (χ0n) is 11.9. The van der Waals surface area contributed by atoms with Gasteiger partial charge in [0.05, 0.1) is 6.04 Å². The highest BCUT2D eigenvalue weighted by atomic mass is 16.5. The normalized spacial score (nSPS) is 19.6. The summed E-state index contributed by atoms with van der Waals surface area (Å²) in [6.07, 6.45) is 3.47. The van der Waals surface area contributed by atoms with E-state index in [0.29, 0.717) is 0 Å². The molecule has 0 amide bonds. The number of H-pyrrole nitrogens is 1. The SMILES string of the molecule is CC1(C)Oc2ccccc2C1NCCCc1ncn[nH]1. The van der Waals surface area contributed by atoms with Gasteiger partial charge in [-0.1, -0.05) is 18.2 Å². The number of aryl methyl sites for hydroxylation is 1. The number of nitrogens with zero attached hydrogens (tertiary/aromatic N) is 2. The summed E-state index contributed by atoms with van der Waals surface area (Å²) in [5.74, 6) is 1.93. The van der Waals surface area contributed by atoms with Crippen molar-refractivity contribution in [3.05, 3.63) is 42.0 Å². The van der Waals surface area contributed by atoms with Crippen LogP contribution in [0.5, 0.6) is 5.75 Å². The van der Waals surface area contributed by atoms with Crippen molar-refractivity contribution in [1.82, 2.24) is 20.5 Å². The van der Waals surface area contributed by atoms with Gasteiger partial charge < -0.3 is 10.1 Å². The van der Waals surface area contributed by atoms with Crippen LogP contribution in [0.15, 0.2) is 30.6 Å². The Morgan fingerprint density at radius 2 is 2.20 bits per heavy atom. The molecule has 20 heavy (non-hydrogen) atoms. The number of nitrogens with one attached hydrogen (secondary N) is 2. The Balaban J connectivity index is 1.59. The largest absolute Gasteiger partial charge is 0.486 e. The minimum Gasteiger partial charge on any atom is -0.486 e. The Kier molecular flexibility index (Phi) is 3.44. The summed E-state index contributed by atoms with van der Waals surface area (Å²) >= 11 is 0. The quantitative estimate of drug-likeness (QED) is 0.819. The Bertz CT molecular complexity index is 565. The lowest BCUT2D eigenvalue weighted by molar-refractivity contribution is 0.0965. The second-order valence-corrected chi connectivity index (χ2v) is 5.67. The summed E-state index contributed by atoms with van der Waals surface area (Å²) in [7, 11) is 0. The fourth-order valence-electron chi connectivity index (χ4n) is 2.74. The van der Waals surface area contributed by atoms with E-state index in [2.05, 4.69) is 46.5 Å². The van der Waals surface area contributed by atoms with Crippen molar-refractivity contribution in [2.75, 3.05) is 6.54 Å². The summed E-state index contributed by atoms with van der Waals surface area (Å²) in [4.78, 5) is 4.13. The topological polar surface area (TPSA) is 62.8 Å². The van der Waals surface area contributed by atoms with Crippen LogP contribution in [0.4, 0.5) is 0 Å². The molecule has 1 aliphatic rings. The van der Waals surface area contributed by atoms with Gasteiger partial charge in [0.1, 0.15) is 23.5 Å². The molecule has 1 atom stereocenters. The van der Waals surface area contributed by atoms with Gasteiger partial charge in [-0.05, 0) is 32.9 Å². The molecule has 2 heterocycles. The van der Waals surface area contributed by atoms with Gasteiger partial charge in [0.15, 0.2) is 0 Å². The van der Waals surface area contributed by atoms with E-state index in [4.69, 9.17) is 4.74 Å². The van der Waals surface area contributed by atoms with Crippen molar-refractivity contribution < 1.29 is 4.74 Å². The van der Waals surface area contributed by atoms with E-state index < -0.39 is 0 Å². The molecule has 5 heteroatoms. The van der Waals surface area contributed by atoms with Gasteiger partial charge in [-0.2, -0.15) is 5.10 Å². The predicted octanol–water partition coefficient (Wildman–Crippen LogP) is 2.24. The summed E-state index contributed by atoms with van der Waals surface area (Å²) in [6, 6.07) is 8.48. The molecule has 2 N–H and O–H groups in total. The molecule has 1 unspecified atom stereocenters. The van der Waals surface area contributed by atoms with Crippen LogP contribution in [-0.4, -0.2) is 27.3 Å². The van der Waals surface area contributed by atoms with E-state index in [-0.39, 0.29) is 11.6 Å². The van der Waals surface area contributed by atoms with Crippen LogP contribution in [0.25, 0.3) is 0 Å². The number of benzene rings is 1.